The van der Waals surface area contributed by atoms with Crippen LogP contribution in [0.1, 0.15) is 38.7 Å². The number of hydrogen-bond donors (Lipinski definition) is 3. The quantitative estimate of drug-likeness (QED) is 0.680. The normalized spacial score (nSPS) is 13.3. The summed E-state index contributed by atoms with van der Waals surface area (Å²) in [6, 6.07) is 5.45. The molecule has 0 aliphatic rings. The summed E-state index contributed by atoms with van der Waals surface area (Å²) in [6.07, 6.45) is 1.03. The molecule has 0 saturated carbocycles. The summed E-state index contributed by atoms with van der Waals surface area (Å²) in [5.74, 6) is -0.863. The van der Waals surface area contributed by atoms with Gasteiger partial charge < -0.3 is 15.7 Å². The molecule has 122 valence electrons. The van der Waals surface area contributed by atoms with Crippen molar-refractivity contribution in [1.29, 1.82) is 0 Å². The van der Waals surface area contributed by atoms with Crippen LogP contribution in [0.3, 0.4) is 0 Å². The molecule has 0 bridgehead atoms. The van der Waals surface area contributed by atoms with Crippen LogP contribution in [0.5, 0.6) is 0 Å². The van der Waals surface area contributed by atoms with Gasteiger partial charge in [-0.2, -0.15) is 0 Å². The Kier molecular flexibility index (Phi) is 6.98. The third-order valence-corrected chi connectivity index (χ3v) is 3.25. The molecular weight excluding hydrogens is 287 g/mol. The van der Waals surface area contributed by atoms with Crippen LogP contribution in [-0.4, -0.2) is 30.0 Å². The summed E-state index contributed by atoms with van der Waals surface area (Å²) in [6.45, 7) is 4.08. The Bertz CT molecular complexity index is 501. The van der Waals surface area contributed by atoms with Crippen LogP contribution in [0.4, 0.5) is 4.39 Å². The maximum absolute atomic E-state index is 12.9. The van der Waals surface area contributed by atoms with E-state index in [1.54, 1.807) is 0 Å². The fraction of sp³-hybridized carbons (Fsp3) is 0.500. The van der Waals surface area contributed by atoms with Gasteiger partial charge in [0.05, 0.1) is 6.54 Å². The average molecular weight is 310 g/mol. The lowest BCUT2D eigenvalue weighted by Crippen LogP contribution is -2.39. The molecule has 1 atom stereocenters. The van der Waals surface area contributed by atoms with E-state index in [9.17, 15) is 19.1 Å². The minimum Gasteiger partial charge on any atom is -0.384 e. The zero-order valence-corrected chi connectivity index (χ0v) is 13.0. The molecule has 5 nitrogen and oxygen atoms in total. The van der Waals surface area contributed by atoms with Crippen LogP contribution in [0.15, 0.2) is 24.3 Å². The van der Waals surface area contributed by atoms with Gasteiger partial charge in [-0.3, -0.25) is 9.59 Å². The van der Waals surface area contributed by atoms with Gasteiger partial charge in [-0.05, 0) is 31.0 Å². The predicted octanol–water partition coefficient (Wildman–Crippen LogP) is 1.46. The van der Waals surface area contributed by atoms with Gasteiger partial charge in [0, 0.05) is 19.4 Å². The summed E-state index contributed by atoms with van der Waals surface area (Å²) < 4.78 is 12.9. The van der Waals surface area contributed by atoms with Gasteiger partial charge >= 0.3 is 0 Å². The fourth-order valence-corrected chi connectivity index (χ4v) is 1.85. The van der Waals surface area contributed by atoms with Crippen LogP contribution in [0, 0.1) is 5.82 Å². The summed E-state index contributed by atoms with van der Waals surface area (Å²) >= 11 is 0. The second kappa shape index (κ2) is 8.48. The van der Waals surface area contributed by atoms with Gasteiger partial charge in [0.2, 0.25) is 11.8 Å². The highest BCUT2D eigenvalue weighted by Crippen LogP contribution is 2.19. The van der Waals surface area contributed by atoms with Crippen molar-refractivity contribution in [2.45, 2.75) is 38.7 Å². The maximum atomic E-state index is 12.9. The standard InChI is InChI=1S/C16H23FN2O3/c1-3-10-18-14(20)8-9-15(21)19-11-16(2,22)12-4-6-13(17)7-5-12/h4-7,22H,3,8-11H2,1-2H3,(H,18,20)(H,19,21). The van der Waals surface area contributed by atoms with E-state index in [2.05, 4.69) is 10.6 Å². The van der Waals surface area contributed by atoms with E-state index in [1.807, 2.05) is 6.92 Å². The molecule has 0 spiro atoms. The summed E-state index contributed by atoms with van der Waals surface area (Å²) in [5, 5.41) is 15.6. The Morgan fingerprint density at radius 2 is 1.68 bits per heavy atom. The smallest absolute Gasteiger partial charge is 0.220 e. The molecule has 0 fully saturated rings. The van der Waals surface area contributed by atoms with Gasteiger partial charge in [0.15, 0.2) is 0 Å². The van der Waals surface area contributed by atoms with Crippen LogP contribution in [0.25, 0.3) is 0 Å². The molecule has 1 rings (SSSR count). The van der Waals surface area contributed by atoms with Crippen molar-refractivity contribution in [2.24, 2.45) is 0 Å². The molecule has 6 heteroatoms. The van der Waals surface area contributed by atoms with Crippen molar-refractivity contribution >= 4 is 11.8 Å². The number of benzene rings is 1. The van der Waals surface area contributed by atoms with Gasteiger partial charge in [-0.25, -0.2) is 4.39 Å². The van der Waals surface area contributed by atoms with Gasteiger partial charge in [-0.1, -0.05) is 19.1 Å². The molecule has 0 saturated heterocycles. The highest BCUT2D eigenvalue weighted by atomic mass is 19.1. The van der Waals surface area contributed by atoms with E-state index < -0.39 is 5.60 Å². The number of hydrogen-bond acceptors (Lipinski definition) is 3. The first-order chi connectivity index (χ1) is 10.3. The number of carbonyl (C=O) groups excluding carboxylic acids is 2. The average Bonchev–Trinajstić information content (AvgIpc) is 2.49. The molecule has 0 heterocycles. The van der Waals surface area contributed by atoms with Crippen molar-refractivity contribution in [3.05, 3.63) is 35.6 Å². The SMILES string of the molecule is CCCNC(=O)CCC(=O)NCC(C)(O)c1ccc(F)cc1. The Morgan fingerprint density at radius 1 is 1.14 bits per heavy atom. The van der Waals surface area contributed by atoms with E-state index >= 15 is 0 Å². The second-order valence-electron chi connectivity index (χ2n) is 5.41. The molecular formula is C16H23FN2O3. The molecule has 1 unspecified atom stereocenters. The molecule has 0 radical (unpaired) electrons. The maximum Gasteiger partial charge on any atom is 0.220 e. The lowest BCUT2D eigenvalue weighted by Gasteiger charge is -2.24. The third kappa shape index (κ3) is 6.22. The Balaban J connectivity index is 2.39. The molecule has 1 aromatic carbocycles. The first-order valence-electron chi connectivity index (χ1n) is 7.37. The van der Waals surface area contributed by atoms with E-state index in [0.717, 1.165) is 6.42 Å². The molecule has 2 amide bonds. The van der Waals surface area contributed by atoms with Crippen molar-refractivity contribution in [3.63, 3.8) is 0 Å². The minimum absolute atomic E-state index is 0.00591. The van der Waals surface area contributed by atoms with E-state index in [4.69, 9.17) is 0 Å². The van der Waals surface area contributed by atoms with Crippen molar-refractivity contribution < 1.29 is 19.1 Å². The molecule has 0 aliphatic carbocycles. The summed E-state index contributed by atoms with van der Waals surface area (Å²) in [4.78, 5) is 23.1. The van der Waals surface area contributed by atoms with E-state index in [-0.39, 0.29) is 37.0 Å². The molecule has 3 N–H and O–H groups in total. The topological polar surface area (TPSA) is 78.4 Å². The first kappa shape index (κ1) is 18.1. The van der Waals surface area contributed by atoms with Crippen LogP contribution in [-0.2, 0) is 15.2 Å². The molecule has 22 heavy (non-hydrogen) atoms. The Morgan fingerprint density at radius 3 is 2.23 bits per heavy atom. The van der Waals surface area contributed by atoms with E-state index in [0.29, 0.717) is 12.1 Å². The lowest BCUT2D eigenvalue weighted by molar-refractivity contribution is -0.127. The summed E-state index contributed by atoms with van der Waals surface area (Å²) in [5.41, 5.74) is -0.789. The molecule has 0 aliphatic heterocycles. The number of amides is 2. The van der Waals surface area contributed by atoms with Crippen LogP contribution >= 0.6 is 0 Å². The van der Waals surface area contributed by atoms with Crippen molar-refractivity contribution in [2.75, 3.05) is 13.1 Å². The first-order valence-corrected chi connectivity index (χ1v) is 7.37. The fourth-order valence-electron chi connectivity index (χ4n) is 1.85. The highest BCUT2D eigenvalue weighted by Gasteiger charge is 2.23. The minimum atomic E-state index is -1.30. The number of rotatable bonds is 8. The Labute approximate surface area is 129 Å². The van der Waals surface area contributed by atoms with Crippen molar-refractivity contribution in [3.8, 4) is 0 Å². The zero-order chi connectivity index (χ0) is 16.6. The van der Waals surface area contributed by atoms with Gasteiger partial charge in [0.1, 0.15) is 11.4 Å². The van der Waals surface area contributed by atoms with Gasteiger partial charge in [-0.15, -0.1) is 0 Å². The highest BCUT2D eigenvalue weighted by molar-refractivity contribution is 5.83. The lowest BCUT2D eigenvalue weighted by atomic mass is 9.96. The third-order valence-electron chi connectivity index (χ3n) is 3.25. The van der Waals surface area contributed by atoms with Crippen LogP contribution in [0.2, 0.25) is 0 Å². The van der Waals surface area contributed by atoms with Crippen LogP contribution < -0.4 is 10.6 Å². The number of halogens is 1. The Hall–Kier alpha value is -1.95. The predicted molar refractivity (Wildman–Crippen MR) is 81.5 cm³/mol. The molecule has 0 aromatic heterocycles. The number of carbonyl (C=O) groups is 2. The number of aliphatic hydroxyl groups is 1. The second-order valence-corrected chi connectivity index (χ2v) is 5.41. The van der Waals surface area contributed by atoms with Gasteiger partial charge in [0.25, 0.3) is 0 Å². The summed E-state index contributed by atoms with van der Waals surface area (Å²) in [7, 11) is 0. The largest absolute Gasteiger partial charge is 0.384 e. The molecule has 1 aromatic rings. The van der Waals surface area contributed by atoms with E-state index in [1.165, 1.54) is 31.2 Å². The zero-order valence-electron chi connectivity index (χ0n) is 13.0. The monoisotopic (exact) mass is 310 g/mol. The van der Waals surface area contributed by atoms with Crippen molar-refractivity contribution in [1.82, 2.24) is 10.6 Å². The number of nitrogens with one attached hydrogen (secondary N) is 2.